The Hall–Kier alpha value is -0.930. The van der Waals surface area contributed by atoms with E-state index in [2.05, 4.69) is 11.8 Å². The first-order valence-corrected chi connectivity index (χ1v) is 6.95. The summed E-state index contributed by atoms with van der Waals surface area (Å²) < 4.78 is 12.9. The number of hydrogen-bond donors (Lipinski definition) is 1. The van der Waals surface area contributed by atoms with Gasteiger partial charge in [0, 0.05) is 18.6 Å². The second-order valence-corrected chi connectivity index (χ2v) is 5.21. The minimum absolute atomic E-state index is 0.0160. The van der Waals surface area contributed by atoms with Gasteiger partial charge < -0.3 is 5.73 Å². The zero-order chi connectivity index (χ0) is 13.0. The highest BCUT2D eigenvalue weighted by atomic mass is 19.1. The summed E-state index contributed by atoms with van der Waals surface area (Å²) in [6.45, 7) is 4.27. The number of halogens is 1. The second-order valence-electron chi connectivity index (χ2n) is 5.21. The monoisotopic (exact) mass is 250 g/mol. The Bertz CT molecular complexity index is 363. The van der Waals surface area contributed by atoms with Gasteiger partial charge in [-0.2, -0.15) is 0 Å². The normalized spacial score (nSPS) is 22.9. The summed E-state index contributed by atoms with van der Waals surface area (Å²) in [5.41, 5.74) is 7.25. The van der Waals surface area contributed by atoms with Crippen LogP contribution in [0.25, 0.3) is 0 Å². The molecule has 1 aliphatic rings. The molecule has 1 saturated heterocycles. The Morgan fingerprint density at radius 2 is 2.06 bits per heavy atom. The predicted octanol–water partition coefficient (Wildman–Crippen LogP) is 3.09. The smallest absolute Gasteiger partial charge is 0.123 e. The first-order chi connectivity index (χ1) is 8.70. The highest BCUT2D eigenvalue weighted by Crippen LogP contribution is 2.22. The van der Waals surface area contributed by atoms with E-state index in [0.717, 1.165) is 18.7 Å². The molecular formula is C15H23FN2. The number of nitrogens with two attached hydrogens (primary N) is 1. The van der Waals surface area contributed by atoms with Crippen molar-refractivity contribution in [1.82, 2.24) is 4.90 Å². The average Bonchev–Trinajstić information content (AvgIpc) is 2.40. The Kier molecular flexibility index (Phi) is 4.72. The Morgan fingerprint density at radius 3 is 2.72 bits per heavy atom. The highest BCUT2D eigenvalue weighted by molar-refractivity contribution is 5.19. The molecule has 1 aliphatic heterocycles. The van der Waals surface area contributed by atoms with Gasteiger partial charge in [-0.15, -0.1) is 0 Å². The van der Waals surface area contributed by atoms with E-state index in [4.69, 9.17) is 5.73 Å². The van der Waals surface area contributed by atoms with Crippen molar-refractivity contribution in [1.29, 1.82) is 0 Å². The second kappa shape index (κ2) is 6.30. The van der Waals surface area contributed by atoms with Crippen molar-refractivity contribution in [2.75, 3.05) is 13.1 Å². The molecule has 0 amide bonds. The summed E-state index contributed by atoms with van der Waals surface area (Å²) in [6, 6.07) is 7.23. The van der Waals surface area contributed by atoms with Gasteiger partial charge in [0.05, 0.1) is 0 Å². The predicted molar refractivity (Wildman–Crippen MR) is 72.8 cm³/mol. The first kappa shape index (κ1) is 13.5. The van der Waals surface area contributed by atoms with Crippen molar-refractivity contribution < 1.29 is 4.39 Å². The topological polar surface area (TPSA) is 29.3 Å². The molecule has 2 nitrogen and oxygen atoms in total. The first-order valence-electron chi connectivity index (χ1n) is 6.95. The molecule has 100 valence electrons. The van der Waals surface area contributed by atoms with Crippen LogP contribution in [0.15, 0.2) is 24.3 Å². The zero-order valence-corrected chi connectivity index (χ0v) is 11.1. The molecule has 3 heteroatoms. The quantitative estimate of drug-likeness (QED) is 0.889. The van der Waals surface area contributed by atoms with Crippen LogP contribution >= 0.6 is 0 Å². The molecule has 0 aliphatic carbocycles. The van der Waals surface area contributed by atoms with Crippen molar-refractivity contribution in [3.63, 3.8) is 0 Å². The SMILES string of the molecule is CCC1CCCCN1CC(N)c1ccc(F)cc1. The van der Waals surface area contributed by atoms with Crippen molar-refractivity contribution >= 4 is 0 Å². The highest BCUT2D eigenvalue weighted by Gasteiger charge is 2.22. The van der Waals surface area contributed by atoms with Crippen molar-refractivity contribution in [2.24, 2.45) is 5.73 Å². The van der Waals surface area contributed by atoms with E-state index in [0.29, 0.717) is 6.04 Å². The lowest BCUT2D eigenvalue weighted by molar-refractivity contribution is 0.136. The Morgan fingerprint density at radius 1 is 1.33 bits per heavy atom. The molecule has 1 fully saturated rings. The van der Waals surface area contributed by atoms with Crippen molar-refractivity contribution in [3.05, 3.63) is 35.6 Å². The van der Waals surface area contributed by atoms with E-state index >= 15 is 0 Å². The van der Waals surface area contributed by atoms with Crippen LogP contribution in [0.2, 0.25) is 0 Å². The van der Waals surface area contributed by atoms with Crippen LogP contribution in [0.5, 0.6) is 0 Å². The lowest BCUT2D eigenvalue weighted by Gasteiger charge is -2.36. The third-order valence-corrected chi connectivity index (χ3v) is 3.95. The van der Waals surface area contributed by atoms with E-state index in [-0.39, 0.29) is 11.9 Å². The third kappa shape index (κ3) is 3.30. The lowest BCUT2D eigenvalue weighted by Crippen LogP contribution is -2.42. The van der Waals surface area contributed by atoms with E-state index < -0.39 is 0 Å². The van der Waals surface area contributed by atoms with Crippen LogP contribution in [0, 0.1) is 5.82 Å². The molecule has 2 N–H and O–H groups in total. The van der Waals surface area contributed by atoms with E-state index in [1.54, 1.807) is 12.1 Å². The van der Waals surface area contributed by atoms with Gasteiger partial charge in [0.15, 0.2) is 0 Å². The summed E-state index contributed by atoms with van der Waals surface area (Å²) in [6.07, 6.45) is 5.08. The van der Waals surface area contributed by atoms with Gasteiger partial charge >= 0.3 is 0 Å². The molecular weight excluding hydrogens is 227 g/mol. The summed E-state index contributed by atoms with van der Waals surface area (Å²) in [5, 5.41) is 0. The number of benzene rings is 1. The molecule has 0 saturated carbocycles. The van der Waals surface area contributed by atoms with Gasteiger partial charge in [0.2, 0.25) is 0 Å². The van der Waals surface area contributed by atoms with Crippen LogP contribution in [0.3, 0.4) is 0 Å². The minimum Gasteiger partial charge on any atom is -0.323 e. The summed E-state index contributed by atoms with van der Waals surface area (Å²) in [7, 11) is 0. The van der Waals surface area contributed by atoms with Crippen LogP contribution < -0.4 is 5.73 Å². The van der Waals surface area contributed by atoms with Crippen LogP contribution in [0.1, 0.15) is 44.2 Å². The number of nitrogens with zero attached hydrogens (tertiary/aromatic N) is 1. The molecule has 0 aromatic heterocycles. The van der Waals surface area contributed by atoms with Crippen LogP contribution in [-0.2, 0) is 0 Å². The molecule has 0 bridgehead atoms. The Labute approximate surface area is 109 Å². The lowest BCUT2D eigenvalue weighted by atomic mass is 9.98. The maximum atomic E-state index is 12.9. The van der Waals surface area contributed by atoms with Gasteiger partial charge in [-0.05, 0) is 43.5 Å². The molecule has 2 unspecified atom stereocenters. The molecule has 1 heterocycles. The van der Waals surface area contributed by atoms with Crippen molar-refractivity contribution in [3.8, 4) is 0 Å². The zero-order valence-electron chi connectivity index (χ0n) is 11.1. The number of piperidine rings is 1. The van der Waals surface area contributed by atoms with Gasteiger partial charge in [0.1, 0.15) is 5.82 Å². The maximum Gasteiger partial charge on any atom is 0.123 e. The van der Waals surface area contributed by atoms with E-state index in [1.807, 2.05) is 0 Å². The number of hydrogen-bond acceptors (Lipinski definition) is 2. The summed E-state index contributed by atoms with van der Waals surface area (Å²) in [4.78, 5) is 2.50. The summed E-state index contributed by atoms with van der Waals surface area (Å²) in [5.74, 6) is -0.199. The molecule has 1 aromatic rings. The molecule has 2 rings (SSSR count). The Balaban J connectivity index is 1.97. The van der Waals surface area contributed by atoms with E-state index in [1.165, 1.54) is 37.8 Å². The van der Waals surface area contributed by atoms with E-state index in [9.17, 15) is 4.39 Å². The number of likely N-dealkylation sites (tertiary alicyclic amines) is 1. The van der Waals surface area contributed by atoms with Crippen molar-refractivity contribution in [2.45, 2.75) is 44.7 Å². The van der Waals surface area contributed by atoms with Crippen LogP contribution in [0.4, 0.5) is 4.39 Å². The third-order valence-electron chi connectivity index (χ3n) is 3.95. The van der Waals surface area contributed by atoms with Gasteiger partial charge in [-0.25, -0.2) is 4.39 Å². The summed E-state index contributed by atoms with van der Waals surface area (Å²) >= 11 is 0. The fraction of sp³-hybridized carbons (Fsp3) is 0.600. The molecule has 18 heavy (non-hydrogen) atoms. The standard InChI is InChI=1S/C15H23FN2/c1-2-14-5-3-4-10-18(14)11-15(17)12-6-8-13(16)9-7-12/h6-9,14-15H,2-5,10-11,17H2,1H3. The average molecular weight is 250 g/mol. The number of rotatable bonds is 4. The maximum absolute atomic E-state index is 12.9. The fourth-order valence-electron chi connectivity index (χ4n) is 2.83. The van der Waals surface area contributed by atoms with Crippen LogP contribution in [-0.4, -0.2) is 24.0 Å². The molecule has 2 atom stereocenters. The minimum atomic E-state index is -0.199. The van der Waals surface area contributed by atoms with Gasteiger partial charge in [0.25, 0.3) is 0 Å². The van der Waals surface area contributed by atoms with Gasteiger partial charge in [-0.3, -0.25) is 4.90 Å². The molecule has 0 radical (unpaired) electrons. The largest absolute Gasteiger partial charge is 0.323 e. The van der Waals surface area contributed by atoms with Gasteiger partial charge in [-0.1, -0.05) is 25.5 Å². The fourth-order valence-corrected chi connectivity index (χ4v) is 2.83. The molecule has 0 spiro atoms. The molecule has 1 aromatic carbocycles.